The number of aliphatic hydroxyl groups excluding tert-OH is 4. The Morgan fingerprint density at radius 1 is 1.18 bits per heavy atom. The summed E-state index contributed by atoms with van der Waals surface area (Å²) in [7, 11) is 0. The van der Waals surface area contributed by atoms with Gasteiger partial charge in [0.2, 0.25) is 0 Å². The molecule has 1 aromatic rings. The lowest BCUT2D eigenvalue weighted by Gasteiger charge is -2.40. The lowest BCUT2D eigenvalue weighted by atomic mass is 9.99. The van der Waals surface area contributed by atoms with Crippen molar-refractivity contribution in [1.82, 2.24) is 0 Å². The quantitative estimate of drug-likeness (QED) is 0.187. The second-order valence-corrected chi connectivity index (χ2v) is 6.36. The van der Waals surface area contributed by atoms with Crippen molar-refractivity contribution < 1.29 is 49.6 Å². The smallest absolute Gasteiger partial charge is 0.330 e. The molecule has 1 aliphatic heterocycles. The highest BCUT2D eigenvalue weighted by Crippen LogP contribution is 2.26. The van der Waals surface area contributed by atoms with Crippen molar-refractivity contribution in [1.29, 1.82) is 0 Å². The maximum Gasteiger partial charge on any atom is 0.330 e. The fourth-order valence-corrected chi connectivity index (χ4v) is 2.46. The molecule has 0 bridgehead atoms. The first-order chi connectivity index (χ1) is 13.2. The van der Waals surface area contributed by atoms with E-state index >= 15 is 0 Å². The lowest BCUT2D eigenvalue weighted by molar-refractivity contribution is -0.311. The minimum Gasteiger partial charge on any atom is -0.504 e. The standard InChI is InChI=1S/C18H24O10/c1-9(7-19)27-18-17(25)16(24)15(23)13(28-18)8-26-14(22)5-3-10-2-4-11(20)12(21)6-10/h2-6,9,13,15-21,23-25H,7-8H2,1H3/b5-3+/t9-,13+,15+,16-,17+,18+/m0/s1. The molecule has 0 aliphatic carbocycles. The Labute approximate surface area is 160 Å². The van der Waals surface area contributed by atoms with Gasteiger partial charge in [-0.25, -0.2) is 4.79 Å². The van der Waals surface area contributed by atoms with Gasteiger partial charge in [-0.05, 0) is 30.7 Å². The fourth-order valence-electron chi connectivity index (χ4n) is 2.46. The molecular weight excluding hydrogens is 376 g/mol. The number of benzene rings is 1. The maximum absolute atomic E-state index is 11.8. The molecule has 0 unspecified atom stereocenters. The Kier molecular flexibility index (Phi) is 7.75. The van der Waals surface area contributed by atoms with Crippen molar-refractivity contribution in [2.45, 2.75) is 43.7 Å². The topological polar surface area (TPSA) is 166 Å². The fraction of sp³-hybridized carbons (Fsp3) is 0.500. The van der Waals surface area contributed by atoms with Gasteiger partial charge in [-0.15, -0.1) is 0 Å². The number of phenols is 2. The molecule has 6 N–H and O–H groups in total. The number of phenolic OH excluding ortho intramolecular Hbond substituents is 2. The van der Waals surface area contributed by atoms with Gasteiger partial charge in [0.1, 0.15) is 31.0 Å². The predicted molar refractivity (Wildman–Crippen MR) is 94.1 cm³/mol. The Morgan fingerprint density at radius 2 is 1.89 bits per heavy atom. The summed E-state index contributed by atoms with van der Waals surface area (Å²) in [5.41, 5.74) is 0.436. The number of ether oxygens (including phenoxy) is 3. The van der Waals surface area contributed by atoms with Crippen LogP contribution in [0.4, 0.5) is 0 Å². The molecule has 1 aliphatic rings. The molecule has 6 atom stereocenters. The van der Waals surface area contributed by atoms with Crippen molar-refractivity contribution in [3.05, 3.63) is 29.8 Å². The zero-order valence-corrected chi connectivity index (χ0v) is 15.1. The predicted octanol–water partition coefficient (Wildman–Crippen LogP) is -1.14. The number of rotatable bonds is 7. The molecule has 2 rings (SSSR count). The van der Waals surface area contributed by atoms with Gasteiger partial charge < -0.3 is 44.8 Å². The number of aliphatic hydroxyl groups is 4. The normalized spacial score (nSPS) is 29.0. The third kappa shape index (κ3) is 5.64. The molecule has 1 aromatic carbocycles. The Bertz CT molecular complexity index is 691. The van der Waals surface area contributed by atoms with Gasteiger partial charge in [0.05, 0.1) is 12.7 Å². The largest absolute Gasteiger partial charge is 0.504 e. The number of carbonyl (C=O) groups excluding carboxylic acids is 1. The first-order valence-corrected chi connectivity index (χ1v) is 8.55. The van der Waals surface area contributed by atoms with E-state index in [1.54, 1.807) is 0 Å². The number of hydrogen-bond acceptors (Lipinski definition) is 10. The highest BCUT2D eigenvalue weighted by atomic mass is 16.7. The Balaban J connectivity index is 1.92. The van der Waals surface area contributed by atoms with E-state index in [1.165, 1.54) is 31.2 Å². The zero-order valence-electron chi connectivity index (χ0n) is 15.1. The maximum atomic E-state index is 11.8. The molecule has 0 radical (unpaired) electrons. The molecule has 1 fully saturated rings. The van der Waals surface area contributed by atoms with E-state index in [1.807, 2.05) is 0 Å². The molecule has 0 amide bonds. The van der Waals surface area contributed by atoms with Gasteiger partial charge in [0, 0.05) is 6.08 Å². The summed E-state index contributed by atoms with van der Waals surface area (Å²) >= 11 is 0. The minimum atomic E-state index is -1.59. The van der Waals surface area contributed by atoms with Crippen molar-refractivity contribution in [2.75, 3.05) is 13.2 Å². The number of carbonyl (C=O) groups is 1. The van der Waals surface area contributed by atoms with Crippen LogP contribution in [-0.4, -0.2) is 86.6 Å². The molecule has 0 spiro atoms. The highest BCUT2D eigenvalue weighted by molar-refractivity contribution is 5.87. The number of esters is 1. The van der Waals surface area contributed by atoms with E-state index < -0.39 is 49.4 Å². The first-order valence-electron chi connectivity index (χ1n) is 8.55. The molecular formula is C18H24O10. The third-order valence-electron chi connectivity index (χ3n) is 4.09. The van der Waals surface area contributed by atoms with Gasteiger partial charge in [0.15, 0.2) is 17.8 Å². The zero-order chi connectivity index (χ0) is 20.8. The molecule has 1 heterocycles. The average Bonchev–Trinajstić information content (AvgIpc) is 2.68. The van der Waals surface area contributed by atoms with Crippen LogP contribution in [0.3, 0.4) is 0 Å². The van der Waals surface area contributed by atoms with Crippen molar-refractivity contribution in [2.24, 2.45) is 0 Å². The summed E-state index contributed by atoms with van der Waals surface area (Å²) in [6, 6.07) is 3.97. The van der Waals surface area contributed by atoms with Crippen LogP contribution in [0.2, 0.25) is 0 Å². The molecule has 10 nitrogen and oxygen atoms in total. The van der Waals surface area contributed by atoms with Crippen LogP contribution in [0.5, 0.6) is 11.5 Å². The van der Waals surface area contributed by atoms with E-state index in [2.05, 4.69) is 0 Å². The van der Waals surface area contributed by atoms with Crippen LogP contribution in [0.15, 0.2) is 24.3 Å². The van der Waals surface area contributed by atoms with Gasteiger partial charge in [-0.2, -0.15) is 0 Å². The van der Waals surface area contributed by atoms with Crippen LogP contribution in [-0.2, 0) is 19.0 Å². The van der Waals surface area contributed by atoms with Gasteiger partial charge in [-0.1, -0.05) is 6.07 Å². The molecule has 28 heavy (non-hydrogen) atoms. The van der Waals surface area contributed by atoms with E-state index in [9.17, 15) is 30.3 Å². The van der Waals surface area contributed by atoms with E-state index in [-0.39, 0.29) is 18.1 Å². The van der Waals surface area contributed by atoms with E-state index in [0.29, 0.717) is 5.56 Å². The summed E-state index contributed by atoms with van der Waals surface area (Å²) in [6.45, 7) is 0.749. The number of hydrogen-bond donors (Lipinski definition) is 6. The summed E-state index contributed by atoms with van der Waals surface area (Å²) < 4.78 is 15.6. The lowest BCUT2D eigenvalue weighted by Crippen LogP contribution is -2.60. The highest BCUT2D eigenvalue weighted by Gasteiger charge is 2.45. The second kappa shape index (κ2) is 9.82. The summed E-state index contributed by atoms with van der Waals surface area (Å²) in [6.07, 6.45) is -5.42. The summed E-state index contributed by atoms with van der Waals surface area (Å²) in [5, 5.41) is 57.5. The van der Waals surface area contributed by atoms with Crippen molar-refractivity contribution in [3.63, 3.8) is 0 Å². The van der Waals surface area contributed by atoms with Crippen LogP contribution in [0.25, 0.3) is 6.08 Å². The molecule has 10 heteroatoms. The Hall–Kier alpha value is -2.21. The van der Waals surface area contributed by atoms with Crippen molar-refractivity contribution in [3.8, 4) is 11.5 Å². The third-order valence-corrected chi connectivity index (χ3v) is 4.09. The average molecular weight is 400 g/mol. The van der Waals surface area contributed by atoms with Gasteiger partial charge in [0.25, 0.3) is 0 Å². The summed E-state index contributed by atoms with van der Waals surface area (Å²) in [4.78, 5) is 11.8. The molecule has 0 aromatic heterocycles. The SMILES string of the molecule is C[C@@H](CO)O[C@@H]1O[C@H](COC(=O)/C=C/c2ccc(O)c(O)c2)[C@@H](O)[C@H](O)[C@H]1O. The molecule has 0 saturated carbocycles. The van der Waals surface area contributed by atoms with Crippen LogP contribution < -0.4 is 0 Å². The minimum absolute atomic E-state index is 0.295. The van der Waals surface area contributed by atoms with E-state index in [0.717, 1.165) is 6.08 Å². The van der Waals surface area contributed by atoms with Gasteiger partial charge in [-0.3, -0.25) is 0 Å². The molecule has 156 valence electrons. The van der Waals surface area contributed by atoms with E-state index in [4.69, 9.17) is 19.3 Å². The Morgan fingerprint density at radius 3 is 2.54 bits per heavy atom. The van der Waals surface area contributed by atoms with Crippen LogP contribution in [0.1, 0.15) is 12.5 Å². The number of aromatic hydroxyl groups is 2. The summed E-state index contributed by atoms with van der Waals surface area (Å²) in [5.74, 6) is -1.42. The van der Waals surface area contributed by atoms with Gasteiger partial charge >= 0.3 is 5.97 Å². The van der Waals surface area contributed by atoms with Crippen LogP contribution >= 0.6 is 0 Å². The van der Waals surface area contributed by atoms with Crippen molar-refractivity contribution >= 4 is 12.0 Å². The monoisotopic (exact) mass is 400 g/mol. The second-order valence-electron chi connectivity index (χ2n) is 6.36. The first kappa shape index (κ1) is 22.1. The molecule has 1 saturated heterocycles. The van der Waals surface area contributed by atoms with Crippen LogP contribution in [0, 0.1) is 0 Å².